The van der Waals surface area contributed by atoms with E-state index in [1.807, 2.05) is 0 Å². The van der Waals surface area contributed by atoms with Gasteiger partial charge in [0.05, 0.1) is 0 Å². The maximum absolute atomic E-state index is 2.37. The van der Waals surface area contributed by atoms with Gasteiger partial charge in [-0.3, -0.25) is 0 Å². The van der Waals surface area contributed by atoms with Gasteiger partial charge in [0.15, 0.2) is 0 Å². The van der Waals surface area contributed by atoms with Crippen LogP contribution in [0.1, 0.15) is 47.0 Å². The molecule has 0 aromatic heterocycles. The van der Waals surface area contributed by atoms with Crippen molar-refractivity contribution in [3.05, 3.63) is 47.1 Å². The average Bonchev–Trinajstić information content (AvgIpc) is 2.68. The van der Waals surface area contributed by atoms with Crippen molar-refractivity contribution in [2.24, 2.45) is 11.3 Å². The van der Waals surface area contributed by atoms with E-state index < -0.39 is 0 Å². The highest BCUT2D eigenvalue weighted by Gasteiger charge is 2.21. The molecule has 0 aromatic carbocycles. The molecule has 0 heteroatoms. The van der Waals surface area contributed by atoms with Crippen molar-refractivity contribution in [2.75, 3.05) is 0 Å². The number of allylic oxidation sites excluding steroid dienone is 8. The molecule has 0 heterocycles. The summed E-state index contributed by atoms with van der Waals surface area (Å²) < 4.78 is 0. The van der Waals surface area contributed by atoms with Gasteiger partial charge >= 0.3 is 0 Å². The lowest BCUT2D eigenvalue weighted by molar-refractivity contribution is 0.247. The Labute approximate surface area is 106 Å². The SMILES string of the molecule is CC(CCC1=C2C=CCC=C2C=C1)C(C)(C)C. The molecule has 0 aliphatic heterocycles. The van der Waals surface area contributed by atoms with Gasteiger partial charge in [-0.25, -0.2) is 0 Å². The quantitative estimate of drug-likeness (QED) is 0.622. The van der Waals surface area contributed by atoms with Gasteiger partial charge in [-0.1, -0.05) is 58.1 Å². The van der Waals surface area contributed by atoms with Crippen LogP contribution in [0.15, 0.2) is 47.1 Å². The third-order valence-electron chi connectivity index (χ3n) is 4.20. The minimum Gasteiger partial charge on any atom is -0.0801 e. The Morgan fingerprint density at radius 1 is 1.18 bits per heavy atom. The van der Waals surface area contributed by atoms with Gasteiger partial charge in [0, 0.05) is 0 Å². The number of hydrogen-bond acceptors (Lipinski definition) is 0. The predicted octanol–water partition coefficient (Wildman–Crippen LogP) is 5.20. The van der Waals surface area contributed by atoms with Crippen LogP contribution in [-0.2, 0) is 0 Å². The van der Waals surface area contributed by atoms with E-state index in [1.165, 1.54) is 29.6 Å². The summed E-state index contributed by atoms with van der Waals surface area (Å²) in [4.78, 5) is 0. The monoisotopic (exact) mass is 228 g/mol. The van der Waals surface area contributed by atoms with E-state index in [0.717, 1.165) is 12.3 Å². The first kappa shape index (κ1) is 12.4. The Hall–Kier alpha value is -1.04. The second-order valence-corrected chi connectivity index (χ2v) is 6.38. The van der Waals surface area contributed by atoms with Crippen LogP contribution in [0.4, 0.5) is 0 Å². The molecule has 2 rings (SSSR count). The van der Waals surface area contributed by atoms with Crippen molar-refractivity contribution >= 4 is 0 Å². The average molecular weight is 228 g/mol. The lowest BCUT2D eigenvalue weighted by atomic mass is 9.78. The summed E-state index contributed by atoms with van der Waals surface area (Å²) >= 11 is 0. The van der Waals surface area contributed by atoms with Gasteiger partial charge in [-0.2, -0.15) is 0 Å². The van der Waals surface area contributed by atoms with E-state index in [9.17, 15) is 0 Å². The van der Waals surface area contributed by atoms with Gasteiger partial charge in [0.2, 0.25) is 0 Å². The molecule has 0 aromatic rings. The van der Waals surface area contributed by atoms with Crippen LogP contribution in [0.2, 0.25) is 0 Å². The van der Waals surface area contributed by atoms with Gasteiger partial charge < -0.3 is 0 Å². The predicted molar refractivity (Wildman–Crippen MR) is 75.9 cm³/mol. The molecule has 0 nitrogen and oxygen atoms in total. The standard InChI is InChI=1S/C17H24/c1-13(17(2,3)4)9-10-15-12-11-14-7-5-6-8-16(14)15/h6-8,11-13H,5,9-10H2,1-4H3. The molecule has 0 radical (unpaired) electrons. The molecule has 92 valence electrons. The molecule has 0 spiro atoms. The van der Waals surface area contributed by atoms with Crippen LogP contribution in [0.5, 0.6) is 0 Å². The summed E-state index contributed by atoms with van der Waals surface area (Å²) in [6.07, 6.45) is 15.1. The molecule has 17 heavy (non-hydrogen) atoms. The maximum Gasteiger partial charge on any atom is -0.0157 e. The Kier molecular flexibility index (Phi) is 3.42. The van der Waals surface area contributed by atoms with Crippen LogP contribution < -0.4 is 0 Å². The molecule has 0 saturated heterocycles. The first-order chi connectivity index (χ1) is 7.98. The highest BCUT2D eigenvalue weighted by Crippen LogP contribution is 2.35. The zero-order chi connectivity index (χ0) is 12.5. The third-order valence-corrected chi connectivity index (χ3v) is 4.20. The topological polar surface area (TPSA) is 0 Å². The Morgan fingerprint density at radius 2 is 1.94 bits per heavy atom. The molecule has 0 saturated carbocycles. The van der Waals surface area contributed by atoms with Gasteiger partial charge in [0.25, 0.3) is 0 Å². The van der Waals surface area contributed by atoms with Crippen molar-refractivity contribution in [1.82, 2.24) is 0 Å². The van der Waals surface area contributed by atoms with Gasteiger partial charge in [0.1, 0.15) is 0 Å². The van der Waals surface area contributed by atoms with Crippen LogP contribution in [0.25, 0.3) is 0 Å². The Morgan fingerprint density at radius 3 is 2.65 bits per heavy atom. The van der Waals surface area contributed by atoms with Crippen molar-refractivity contribution in [3.8, 4) is 0 Å². The number of rotatable bonds is 3. The normalized spacial score (nSPS) is 20.6. The minimum atomic E-state index is 0.425. The van der Waals surface area contributed by atoms with Crippen molar-refractivity contribution in [1.29, 1.82) is 0 Å². The van der Waals surface area contributed by atoms with E-state index in [2.05, 4.69) is 58.1 Å². The molecular formula is C17H24. The summed E-state index contributed by atoms with van der Waals surface area (Å²) in [5.41, 5.74) is 4.86. The van der Waals surface area contributed by atoms with E-state index in [4.69, 9.17) is 0 Å². The Bertz CT molecular complexity index is 408. The fourth-order valence-electron chi connectivity index (χ4n) is 2.34. The largest absolute Gasteiger partial charge is 0.0801 e. The summed E-state index contributed by atoms with van der Waals surface area (Å²) in [5.74, 6) is 0.768. The summed E-state index contributed by atoms with van der Waals surface area (Å²) in [5, 5.41) is 0. The van der Waals surface area contributed by atoms with E-state index in [0.29, 0.717) is 5.41 Å². The van der Waals surface area contributed by atoms with Crippen molar-refractivity contribution in [2.45, 2.75) is 47.0 Å². The first-order valence-electron chi connectivity index (χ1n) is 6.77. The zero-order valence-electron chi connectivity index (χ0n) is 11.6. The molecule has 1 unspecified atom stereocenters. The second kappa shape index (κ2) is 4.68. The number of hydrogen-bond donors (Lipinski definition) is 0. The maximum atomic E-state index is 2.37. The number of fused-ring (bicyclic) bond motifs is 1. The van der Waals surface area contributed by atoms with Gasteiger partial charge in [-0.05, 0) is 47.3 Å². The highest BCUT2D eigenvalue weighted by atomic mass is 14.3. The second-order valence-electron chi connectivity index (χ2n) is 6.38. The fraction of sp³-hybridized carbons (Fsp3) is 0.529. The van der Waals surface area contributed by atoms with E-state index in [1.54, 1.807) is 0 Å². The molecule has 0 bridgehead atoms. The summed E-state index contributed by atoms with van der Waals surface area (Å²) in [7, 11) is 0. The molecule has 1 atom stereocenters. The molecule has 0 N–H and O–H groups in total. The summed E-state index contributed by atoms with van der Waals surface area (Å²) in [6.45, 7) is 9.39. The lowest BCUT2D eigenvalue weighted by Crippen LogP contribution is -2.17. The van der Waals surface area contributed by atoms with Crippen LogP contribution in [0.3, 0.4) is 0 Å². The third kappa shape index (κ3) is 2.80. The fourth-order valence-corrected chi connectivity index (χ4v) is 2.34. The van der Waals surface area contributed by atoms with E-state index >= 15 is 0 Å². The summed E-state index contributed by atoms with van der Waals surface area (Å²) in [6, 6.07) is 0. The van der Waals surface area contributed by atoms with Crippen molar-refractivity contribution < 1.29 is 0 Å². The highest BCUT2D eigenvalue weighted by molar-refractivity contribution is 5.60. The minimum absolute atomic E-state index is 0.425. The van der Waals surface area contributed by atoms with Crippen molar-refractivity contribution in [3.63, 3.8) is 0 Å². The molecule has 2 aliphatic carbocycles. The first-order valence-corrected chi connectivity index (χ1v) is 6.77. The van der Waals surface area contributed by atoms with Crippen LogP contribution in [-0.4, -0.2) is 0 Å². The van der Waals surface area contributed by atoms with Gasteiger partial charge in [-0.15, -0.1) is 0 Å². The molecule has 0 fully saturated rings. The van der Waals surface area contributed by atoms with E-state index in [-0.39, 0.29) is 0 Å². The Balaban J connectivity index is 2.01. The van der Waals surface area contributed by atoms with Crippen LogP contribution in [0, 0.1) is 11.3 Å². The zero-order valence-corrected chi connectivity index (χ0v) is 11.6. The molecular weight excluding hydrogens is 204 g/mol. The molecule has 0 amide bonds. The lowest BCUT2D eigenvalue weighted by Gasteiger charge is -2.27. The molecule has 2 aliphatic rings. The van der Waals surface area contributed by atoms with Crippen LogP contribution >= 0.6 is 0 Å². The smallest absolute Gasteiger partial charge is 0.0157 e.